The van der Waals surface area contributed by atoms with Crippen molar-refractivity contribution in [2.24, 2.45) is 11.8 Å². The van der Waals surface area contributed by atoms with Gasteiger partial charge in [-0.25, -0.2) is 4.98 Å². The summed E-state index contributed by atoms with van der Waals surface area (Å²) < 4.78 is 32.7. The number of ether oxygens (including phenoxy) is 1. The van der Waals surface area contributed by atoms with Gasteiger partial charge in [0.25, 0.3) is 5.88 Å². The number of allylic oxidation sites excluding steroid dienone is 1. The van der Waals surface area contributed by atoms with Crippen molar-refractivity contribution in [3.63, 3.8) is 0 Å². The van der Waals surface area contributed by atoms with Crippen molar-refractivity contribution in [3.8, 4) is 5.88 Å². The van der Waals surface area contributed by atoms with Gasteiger partial charge >= 0.3 is 5.69 Å². The van der Waals surface area contributed by atoms with E-state index in [1.54, 1.807) is 13.0 Å². The zero-order chi connectivity index (χ0) is 22.4. The highest BCUT2D eigenvalue weighted by Crippen LogP contribution is 2.40. The van der Waals surface area contributed by atoms with E-state index in [1.165, 1.54) is 6.92 Å². The van der Waals surface area contributed by atoms with Crippen molar-refractivity contribution in [3.05, 3.63) is 34.3 Å². The molecule has 0 saturated heterocycles. The monoisotopic (exact) mass is 429 g/mol. The number of hydrogen-bond donors (Lipinski definition) is 1. The largest absolute Gasteiger partial charge is 0.466 e. The number of hydrogen-bond acceptors (Lipinski definition) is 7. The van der Waals surface area contributed by atoms with E-state index in [2.05, 4.69) is 16.5 Å². The molecular formula is C17H26BN3O5PS. The fourth-order valence-electron chi connectivity index (χ4n) is 3.68. The zero-order valence-electron chi connectivity index (χ0n) is 18.0. The summed E-state index contributed by atoms with van der Waals surface area (Å²) >= 11 is 0. The molecule has 28 heavy (non-hydrogen) atoms. The molecule has 2 unspecified atom stereocenters. The fraction of sp³-hybridized carbons (Fsp3) is 0.647. The Morgan fingerprint density at radius 1 is 1.57 bits per heavy atom. The van der Waals surface area contributed by atoms with E-state index in [0.29, 0.717) is 31.5 Å². The van der Waals surface area contributed by atoms with Gasteiger partial charge in [0.1, 0.15) is 25.2 Å². The van der Waals surface area contributed by atoms with Gasteiger partial charge in [-0.15, -0.1) is 6.58 Å². The summed E-state index contributed by atoms with van der Waals surface area (Å²) in [5.41, 5.74) is -0.120. The molecule has 1 radical (unpaired) electrons. The third-order valence-electron chi connectivity index (χ3n) is 4.98. The second-order valence-corrected chi connectivity index (χ2v) is 10.00. The second kappa shape index (κ2) is 10.4. The van der Waals surface area contributed by atoms with Crippen molar-refractivity contribution < 1.29 is 19.0 Å². The molecule has 0 bridgehead atoms. The third-order valence-corrected chi connectivity index (χ3v) is 7.05. The van der Waals surface area contributed by atoms with Crippen LogP contribution in [0, 0.1) is 35.8 Å². The van der Waals surface area contributed by atoms with Crippen LogP contribution >= 0.6 is 7.61 Å². The molecule has 1 heterocycles. The highest BCUT2D eigenvalue weighted by atomic mass is 32.7. The number of rotatable bonds is 11. The summed E-state index contributed by atoms with van der Waals surface area (Å²) in [7, 11) is -2.27. The van der Waals surface area contributed by atoms with E-state index in [9.17, 15) is 19.4 Å². The lowest BCUT2D eigenvalue weighted by atomic mass is 9.98. The fourth-order valence-corrected chi connectivity index (χ4v) is 4.92. The quantitative estimate of drug-likeness (QED) is 0.189. The maximum atomic E-state index is 12.0. The molecule has 2 rings (SSSR count). The van der Waals surface area contributed by atoms with Crippen LogP contribution in [0.4, 0.5) is 5.69 Å². The van der Waals surface area contributed by atoms with E-state index < -0.39 is 35.2 Å². The average molecular weight is 429 g/mol. The van der Waals surface area contributed by atoms with Gasteiger partial charge in [0, 0.05) is 16.2 Å². The first-order valence-corrected chi connectivity index (χ1v) is 11.9. The SMILES string of the molecule is [2H]P([B][3H])S(=O)CC[C@H]1C[C@H](CCC=C)[C@@H](Oc2nc(C)nc(C)c2[N+](=O)[O-])[C@H]1O. The summed E-state index contributed by atoms with van der Waals surface area (Å²) in [5.74, 6) is 0.114. The molecule has 11 heteroatoms. The van der Waals surface area contributed by atoms with Crippen LogP contribution in [0.5, 0.6) is 5.88 Å². The van der Waals surface area contributed by atoms with E-state index in [0.717, 1.165) is 7.53 Å². The summed E-state index contributed by atoms with van der Waals surface area (Å²) in [4.78, 5) is 19.0. The van der Waals surface area contributed by atoms with Crippen LogP contribution in [0.3, 0.4) is 0 Å². The van der Waals surface area contributed by atoms with Gasteiger partial charge in [-0.05, 0) is 52.7 Å². The molecule has 8 nitrogen and oxygen atoms in total. The van der Waals surface area contributed by atoms with Crippen LogP contribution in [0.1, 0.15) is 37.2 Å². The Morgan fingerprint density at radius 3 is 2.96 bits per heavy atom. The molecule has 1 fully saturated rings. The summed E-state index contributed by atoms with van der Waals surface area (Å²) in [6, 6.07) is 0. The standard InChI is InChI=1S/C17H26BN3O5PS/c1-4-5-6-13-9-12(7-8-28(25)27-18)15(22)16(13)26-17-14(21(23)24)10(2)19-11(3)20-17/h4,12-13,15-16,18,22,27H,1,5-9H2,2-3H3/t12-,13-,15-,16+,27?,28?/m0/s1/i18T,27D. The maximum Gasteiger partial charge on any atom is 0.351 e. The van der Waals surface area contributed by atoms with Gasteiger partial charge in [0.15, 0.2) is 0 Å². The number of aryl methyl sites for hydroxylation is 2. The first-order valence-electron chi connectivity index (χ1n) is 10.1. The molecular weight excluding hydrogens is 400 g/mol. The second-order valence-electron chi connectivity index (χ2n) is 6.88. The minimum absolute atomic E-state index is 0.0770. The average Bonchev–Trinajstić information content (AvgIpc) is 2.97. The van der Waals surface area contributed by atoms with Gasteiger partial charge in [0.2, 0.25) is 0 Å². The summed E-state index contributed by atoms with van der Waals surface area (Å²) in [6.45, 7) is 6.85. The lowest BCUT2D eigenvalue weighted by molar-refractivity contribution is -0.387. The molecule has 1 N–H and O–H groups in total. The number of aliphatic hydroxyl groups excluding tert-OH is 1. The molecule has 1 aromatic rings. The molecule has 1 aromatic heterocycles. The highest BCUT2D eigenvalue weighted by Gasteiger charge is 2.44. The van der Waals surface area contributed by atoms with Crippen molar-refractivity contribution in [1.29, 1.82) is 2.61 Å². The highest BCUT2D eigenvalue weighted by molar-refractivity contribution is 8.46. The smallest absolute Gasteiger partial charge is 0.351 e. The molecule has 1 saturated carbocycles. The van der Waals surface area contributed by atoms with Gasteiger partial charge < -0.3 is 9.84 Å². The topological polar surface area (TPSA) is 115 Å². The van der Waals surface area contributed by atoms with E-state index >= 15 is 0 Å². The summed E-state index contributed by atoms with van der Waals surface area (Å²) in [6.07, 6.45) is 2.57. The minimum Gasteiger partial charge on any atom is -0.466 e. The minimum atomic E-state index is -1.72. The molecule has 1 aliphatic carbocycles. The molecule has 1 aliphatic rings. The van der Waals surface area contributed by atoms with Crippen LogP contribution < -0.4 is 4.74 Å². The van der Waals surface area contributed by atoms with Crippen LogP contribution in [0.25, 0.3) is 0 Å². The Hall–Kier alpha value is -1.38. The molecule has 0 aromatic carbocycles. The summed E-state index contributed by atoms with van der Waals surface area (Å²) in [5, 5.41) is 22.4. The molecule has 153 valence electrons. The predicted molar refractivity (Wildman–Crippen MR) is 113 cm³/mol. The Kier molecular flexibility index (Phi) is 7.41. The Bertz CT molecular complexity index is 809. The van der Waals surface area contributed by atoms with Crippen LogP contribution in [-0.2, 0) is 10.4 Å². The lowest BCUT2D eigenvalue weighted by Crippen LogP contribution is -2.35. The van der Waals surface area contributed by atoms with Gasteiger partial charge in [-0.1, -0.05) is 13.7 Å². The van der Waals surface area contributed by atoms with E-state index in [1.807, 2.05) is 0 Å². The first-order chi connectivity index (χ1) is 14.2. The van der Waals surface area contributed by atoms with Crippen LogP contribution in [0.15, 0.2) is 12.7 Å². The Balaban J connectivity index is 2.23. The van der Waals surface area contributed by atoms with Gasteiger partial charge in [-0.3, -0.25) is 14.3 Å². The van der Waals surface area contributed by atoms with E-state index in [4.69, 9.17) is 7.35 Å². The number of nitrogens with zero attached hydrogens (tertiary/aromatic N) is 3. The maximum absolute atomic E-state index is 12.0. The van der Waals surface area contributed by atoms with Crippen LogP contribution in [0.2, 0.25) is 0 Å². The van der Waals surface area contributed by atoms with E-state index in [-0.39, 0.29) is 34.8 Å². The van der Waals surface area contributed by atoms with Crippen molar-refractivity contribution in [1.82, 2.24) is 9.97 Å². The van der Waals surface area contributed by atoms with Crippen LogP contribution in [-0.4, -0.2) is 52.3 Å². The van der Waals surface area contributed by atoms with Crippen molar-refractivity contribution in [2.45, 2.75) is 51.7 Å². The van der Waals surface area contributed by atoms with Gasteiger partial charge in [0.05, 0.1) is 12.3 Å². The van der Waals surface area contributed by atoms with Crippen molar-refractivity contribution >= 4 is 31.2 Å². The zero-order valence-corrected chi connectivity index (χ0v) is 17.7. The number of aliphatic hydroxyl groups is 1. The van der Waals surface area contributed by atoms with Gasteiger partial charge in [-0.2, -0.15) is 4.98 Å². The first kappa shape index (κ1) is 19.9. The Morgan fingerprint density at radius 2 is 2.32 bits per heavy atom. The molecule has 0 spiro atoms. The number of aromatic nitrogens is 2. The normalized spacial score (nSPS) is 27.4. The predicted octanol–water partition coefficient (Wildman–Crippen LogP) is 2.26. The molecule has 6 atom stereocenters. The Labute approximate surface area is 172 Å². The third kappa shape index (κ3) is 5.58. The van der Waals surface area contributed by atoms with Crippen molar-refractivity contribution in [2.75, 3.05) is 5.75 Å². The molecule has 0 aliphatic heterocycles. The lowest BCUT2D eigenvalue weighted by Gasteiger charge is -2.23. The molecule has 0 amide bonds. The number of nitro groups is 1.